The Morgan fingerprint density at radius 3 is 2.42 bits per heavy atom. The zero-order valence-corrected chi connectivity index (χ0v) is 40.1. The van der Waals surface area contributed by atoms with Gasteiger partial charge in [0.15, 0.2) is 5.82 Å². The molecule has 0 N–H and O–H groups in total. The number of fused-ring (bicyclic) bond motifs is 7. The number of methoxy groups -OCH3 is 1. The molecule has 66 heavy (non-hydrogen) atoms. The number of aromatic nitrogens is 6. The highest BCUT2D eigenvalue weighted by Crippen LogP contribution is 2.48. The third-order valence-corrected chi connectivity index (χ3v) is 19.7. The van der Waals surface area contributed by atoms with Gasteiger partial charge in [0.25, 0.3) is 0 Å². The van der Waals surface area contributed by atoms with Crippen molar-refractivity contribution in [1.29, 1.82) is 0 Å². The standard InChI is InChI=1S/C49H56F2N8O6Si/c1-27(2)66(28(3)4,29(5)6)23-22-32-34(50)20-18-30-14-13-15-33(39(30)32)42-41(51)43-40-45(54-47(53-43)65-59-36-17-12-11-16-35(36)55-56-59)57-24-31-19-21-37(58(31)48(60)64-49(7,8)9)44(57)38(25-62-26-61-10)63-46(40)52-42/h11-18,20,27-29,31,37-38,44H,19,21,24-26H2,1-10H3/t31-,37+,38+,44+/m1/s1. The minimum atomic E-state index is -2.34. The summed E-state index contributed by atoms with van der Waals surface area (Å²) in [4.78, 5) is 40.0. The van der Waals surface area contributed by atoms with Gasteiger partial charge >= 0.3 is 12.1 Å². The lowest BCUT2D eigenvalue weighted by Gasteiger charge is -2.48. The Labute approximate surface area is 383 Å². The summed E-state index contributed by atoms with van der Waals surface area (Å²) in [6.45, 7) is 19.0. The number of hydrogen-bond donors (Lipinski definition) is 0. The number of benzene rings is 3. The van der Waals surface area contributed by atoms with E-state index in [1.165, 1.54) is 18.0 Å². The molecule has 3 aliphatic heterocycles. The summed E-state index contributed by atoms with van der Waals surface area (Å²) in [5, 5.41) is 9.70. The first kappa shape index (κ1) is 45.2. The third-order valence-electron chi connectivity index (χ3n) is 13.4. The predicted molar refractivity (Wildman–Crippen MR) is 250 cm³/mol. The fourth-order valence-electron chi connectivity index (χ4n) is 10.7. The Kier molecular flexibility index (Phi) is 11.9. The summed E-state index contributed by atoms with van der Waals surface area (Å²) >= 11 is 0. The van der Waals surface area contributed by atoms with Crippen LogP contribution in [0.1, 0.15) is 80.7 Å². The highest BCUT2D eigenvalue weighted by atomic mass is 28.3. The van der Waals surface area contributed by atoms with Gasteiger partial charge in [-0.15, -0.1) is 10.6 Å². The molecule has 4 atom stereocenters. The molecule has 0 radical (unpaired) electrons. The number of piperazine rings is 1. The number of nitrogens with zero attached hydrogens (tertiary/aromatic N) is 8. The van der Waals surface area contributed by atoms with Crippen molar-refractivity contribution in [3.05, 3.63) is 71.8 Å². The average Bonchev–Trinajstić information content (AvgIpc) is 3.78. The number of hydrogen-bond acceptors (Lipinski definition) is 12. The molecule has 6 aromatic rings. The number of anilines is 1. The van der Waals surface area contributed by atoms with Crippen molar-refractivity contribution in [2.24, 2.45) is 0 Å². The van der Waals surface area contributed by atoms with Crippen molar-refractivity contribution in [2.45, 2.75) is 122 Å². The molecule has 17 heteroatoms. The second-order valence-electron chi connectivity index (χ2n) is 19.4. The Bertz CT molecular complexity index is 2890. The lowest BCUT2D eigenvalue weighted by molar-refractivity contribution is -0.0684. The predicted octanol–water partition coefficient (Wildman–Crippen LogP) is 9.62. The summed E-state index contributed by atoms with van der Waals surface area (Å²) in [5.41, 5.74) is 5.12. The number of pyridine rings is 1. The van der Waals surface area contributed by atoms with Gasteiger partial charge in [0.2, 0.25) is 5.88 Å². The fourth-order valence-corrected chi connectivity index (χ4v) is 15.9. The zero-order chi connectivity index (χ0) is 46.8. The van der Waals surface area contributed by atoms with Crippen LogP contribution >= 0.6 is 0 Å². The van der Waals surface area contributed by atoms with E-state index in [9.17, 15) is 4.79 Å². The van der Waals surface area contributed by atoms with Crippen LogP contribution in [0.15, 0.2) is 54.6 Å². The molecule has 346 valence electrons. The number of carbonyl (C=O) groups excluding carboxylic acids is 1. The Morgan fingerprint density at radius 1 is 0.939 bits per heavy atom. The van der Waals surface area contributed by atoms with Crippen molar-refractivity contribution in [3.63, 3.8) is 0 Å². The summed E-state index contributed by atoms with van der Waals surface area (Å²) in [6, 6.07) is 14.1. The maximum Gasteiger partial charge on any atom is 0.410 e. The molecule has 1 amide bonds. The van der Waals surface area contributed by atoms with E-state index in [1.54, 1.807) is 35.2 Å². The van der Waals surface area contributed by atoms with E-state index in [2.05, 4.69) is 63.3 Å². The quantitative estimate of drug-likeness (QED) is 0.0560. The molecule has 9 rings (SSSR count). The Hall–Kier alpha value is -5.96. The fraction of sp³-hybridized carbons (Fsp3) is 0.469. The van der Waals surface area contributed by atoms with Gasteiger partial charge in [0.1, 0.15) is 65.8 Å². The van der Waals surface area contributed by atoms with E-state index < -0.39 is 49.6 Å². The van der Waals surface area contributed by atoms with Crippen LogP contribution in [0, 0.1) is 23.1 Å². The second-order valence-corrected chi connectivity index (χ2v) is 25.0. The third kappa shape index (κ3) is 7.75. The SMILES string of the molecule is COCOC[C@@H]1Oc2nc(-c3cccc4ccc(F)c(C#C[Si](C(C)C)(C(C)C)C(C)C)c34)c(F)c3nc(On4nnc5ccccc54)nc(c23)N2C[C@H]3CC[C@@H]([C@@H]12)N3C(=O)OC(C)(C)C. The molecule has 3 aliphatic rings. The number of halogens is 2. The van der Waals surface area contributed by atoms with Gasteiger partial charge in [-0.1, -0.05) is 88.7 Å². The van der Waals surface area contributed by atoms with Crippen LogP contribution in [0.5, 0.6) is 11.9 Å². The minimum absolute atomic E-state index is 0.0103. The van der Waals surface area contributed by atoms with Crippen LogP contribution in [0.2, 0.25) is 16.6 Å². The van der Waals surface area contributed by atoms with E-state index in [0.717, 1.165) is 0 Å². The van der Waals surface area contributed by atoms with Crippen molar-refractivity contribution >= 4 is 52.7 Å². The molecule has 0 aliphatic carbocycles. The average molecular weight is 919 g/mol. The van der Waals surface area contributed by atoms with Crippen LogP contribution in [0.3, 0.4) is 0 Å². The largest absolute Gasteiger partial charge is 0.469 e. The first-order chi connectivity index (χ1) is 31.5. The first-order valence-electron chi connectivity index (χ1n) is 22.7. The van der Waals surface area contributed by atoms with Gasteiger partial charge in [-0.05, 0) is 79.0 Å². The number of para-hydroxylation sites is 1. The molecule has 14 nitrogen and oxygen atoms in total. The number of carbonyl (C=O) groups is 1. The van der Waals surface area contributed by atoms with E-state index >= 15 is 8.78 Å². The molecule has 0 saturated carbocycles. The summed E-state index contributed by atoms with van der Waals surface area (Å²) < 4.78 is 58.8. The van der Waals surface area contributed by atoms with E-state index in [0.29, 0.717) is 69.2 Å². The molecular formula is C49H56F2N8O6Si. The van der Waals surface area contributed by atoms with Gasteiger partial charge in [0.05, 0.1) is 30.3 Å². The van der Waals surface area contributed by atoms with Crippen LogP contribution < -0.4 is 14.5 Å². The lowest BCUT2D eigenvalue weighted by Crippen LogP contribution is -2.66. The van der Waals surface area contributed by atoms with Gasteiger partial charge in [-0.3, -0.25) is 4.90 Å². The molecule has 2 saturated heterocycles. The first-order valence-corrected chi connectivity index (χ1v) is 24.9. The van der Waals surface area contributed by atoms with Gasteiger partial charge in [-0.25, -0.2) is 18.6 Å². The molecule has 3 aromatic heterocycles. The summed E-state index contributed by atoms with van der Waals surface area (Å²) in [7, 11) is -0.814. The lowest BCUT2D eigenvalue weighted by atomic mass is 9.96. The Balaban J connectivity index is 1.28. The number of rotatable bonds is 10. The van der Waals surface area contributed by atoms with Crippen LogP contribution in [0.25, 0.3) is 44.0 Å². The van der Waals surface area contributed by atoms with Crippen LogP contribution in [-0.4, -0.2) is 106 Å². The second kappa shape index (κ2) is 17.4. The highest BCUT2D eigenvalue weighted by molar-refractivity contribution is 6.90. The molecule has 0 unspecified atom stereocenters. The summed E-state index contributed by atoms with van der Waals surface area (Å²) in [6.07, 6.45) is 0.0720. The summed E-state index contributed by atoms with van der Waals surface area (Å²) in [5.74, 6) is 2.34. The van der Waals surface area contributed by atoms with E-state index in [1.807, 2.05) is 43.9 Å². The topological polar surface area (TPSA) is 139 Å². The normalized spacial score (nSPS) is 19.4. The maximum atomic E-state index is 18.1. The number of ether oxygens (including phenoxy) is 4. The van der Waals surface area contributed by atoms with Crippen molar-refractivity contribution in [1.82, 2.24) is 35.0 Å². The monoisotopic (exact) mass is 918 g/mol. The van der Waals surface area contributed by atoms with Crippen LogP contribution in [-0.2, 0) is 14.2 Å². The molecule has 0 spiro atoms. The molecular weight excluding hydrogens is 863 g/mol. The maximum absolute atomic E-state index is 18.1. The molecule has 3 aromatic carbocycles. The van der Waals surface area contributed by atoms with Gasteiger partial charge < -0.3 is 28.7 Å². The molecule has 2 bridgehead atoms. The van der Waals surface area contributed by atoms with E-state index in [-0.39, 0.29) is 53.5 Å². The van der Waals surface area contributed by atoms with E-state index in [4.69, 9.17) is 38.7 Å². The van der Waals surface area contributed by atoms with Crippen molar-refractivity contribution < 1.29 is 37.4 Å². The highest BCUT2D eigenvalue weighted by Gasteiger charge is 2.55. The minimum Gasteiger partial charge on any atom is -0.469 e. The van der Waals surface area contributed by atoms with Crippen molar-refractivity contribution in [3.8, 4) is 34.6 Å². The molecule has 2 fully saturated rings. The van der Waals surface area contributed by atoms with Gasteiger partial charge in [0, 0.05) is 24.6 Å². The van der Waals surface area contributed by atoms with Crippen molar-refractivity contribution in [2.75, 3.05) is 32.0 Å². The zero-order valence-electron chi connectivity index (χ0n) is 39.1. The number of amides is 1. The van der Waals surface area contributed by atoms with Crippen LogP contribution in [0.4, 0.5) is 19.4 Å². The smallest absolute Gasteiger partial charge is 0.410 e. The van der Waals surface area contributed by atoms with Gasteiger partial charge in [-0.2, -0.15) is 9.97 Å². The molecule has 6 heterocycles. The Morgan fingerprint density at radius 2 is 1.70 bits per heavy atom.